The summed E-state index contributed by atoms with van der Waals surface area (Å²) in [4.78, 5) is 26.1. The predicted octanol–water partition coefficient (Wildman–Crippen LogP) is 2.85. The number of benzene rings is 1. The first-order valence-electron chi connectivity index (χ1n) is 8.23. The number of ether oxygens (including phenoxy) is 1. The number of nitrogens with zero attached hydrogens (tertiary/aromatic N) is 1. The van der Waals surface area contributed by atoms with Crippen LogP contribution in [-0.2, 0) is 14.3 Å². The predicted molar refractivity (Wildman–Crippen MR) is 84.7 cm³/mol. The molecule has 0 aromatic heterocycles. The molecule has 24 heavy (non-hydrogen) atoms. The second kappa shape index (κ2) is 6.84. The van der Waals surface area contributed by atoms with E-state index in [1.54, 1.807) is 6.92 Å². The molecule has 1 aromatic carbocycles. The molecule has 1 heterocycles. The summed E-state index contributed by atoms with van der Waals surface area (Å²) in [5.74, 6) is -2.84. The van der Waals surface area contributed by atoms with E-state index in [9.17, 15) is 18.4 Å². The van der Waals surface area contributed by atoms with E-state index in [-0.39, 0.29) is 29.7 Å². The zero-order valence-electron chi connectivity index (χ0n) is 13.5. The molecule has 1 atom stereocenters. The van der Waals surface area contributed by atoms with E-state index in [0.29, 0.717) is 6.61 Å². The summed E-state index contributed by atoms with van der Waals surface area (Å²) in [7, 11) is 0. The van der Waals surface area contributed by atoms with Gasteiger partial charge >= 0.3 is 0 Å². The van der Waals surface area contributed by atoms with E-state index in [4.69, 9.17) is 4.74 Å². The highest BCUT2D eigenvalue weighted by Gasteiger charge is 2.37. The second-order valence-electron chi connectivity index (χ2n) is 6.18. The quantitative estimate of drug-likeness (QED) is 0.918. The van der Waals surface area contributed by atoms with Crippen LogP contribution in [-0.4, -0.2) is 31.1 Å². The second-order valence-corrected chi connectivity index (χ2v) is 6.18. The van der Waals surface area contributed by atoms with Crippen LogP contribution in [0.5, 0.6) is 0 Å². The molecule has 0 bridgehead atoms. The SMILES string of the molecule is CCOC(C(=O)N1CC(=O)Nc2cc(F)c(F)cc21)C1CCCC1. The van der Waals surface area contributed by atoms with E-state index in [0.717, 1.165) is 37.8 Å². The van der Waals surface area contributed by atoms with Crippen LogP contribution in [0, 0.1) is 17.6 Å². The average molecular weight is 338 g/mol. The van der Waals surface area contributed by atoms with Crippen molar-refractivity contribution in [1.29, 1.82) is 0 Å². The number of amides is 2. The Morgan fingerprint density at radius 2 is 2.00 bits per heavy atom. The van der Waals surface area contributed by atoms with E-state index >= 15 is 0 Å². The largest absolute Gasteiger partial charge is 0.368 e. The molecule has 1 aliphatic heterocycles. The lowest BCUT2D eigenvalue weighted by Gasteiger charge is -2.33. The fourth-order valence-electron chi connectivity index (χ4n) is 3.48. The highest BCUT2D eigenvalue weighted by atomic mass is 19.2. The van der Waals surface area contributed by atoms with Gasteiger partial charge < -0.3 is 10.1 Å². The Balaban J connectivity index is 1.94. The van der Waals surface area contributed by atoms with Gasteiger partial charge in [0.1, 0.15) is 12.6 Å². The van der Waals surface area contributed by atoms with Gasteiger partial charge in [0, 0.05) is 18.7 Å². The summed E-state index contributed by atoms with van der Waals surface area (Å²) < 4.78 is 32.7. The number of anilines is 2. The van der Waals surface area contributed by atoms with Gasteiger partial charge in [0.15, 0.2) is 11.6 Å². The monoisotopic (exact) mass is 338 g/mol. The number of hydrogen-bond acceptors (Lipinski definition) is 3. The summed E-state index contributed by atoms with van der Waals surface area (Å²) in [6, 6.07) is 1.84. The van der Waals surface area contributed by atoms with Crippen molar-refractivity contribution >= 4 is 23.2 Å². The summed E-state index contributed by atoms with van der Waals surface area (Å²) in [5.41, 5.74) is 0.265. The van der Waals surface area contributed by atoms with Crippen molar-refractivity contribution in [3.8, 4) is 0 Å². The summed E-state index contributed by atoms with van der Waals surface area (Å²) in [6.45, 7) is 1.95. The van der Waals surface area contributed by atoms with Gasteiger partial charge in [-0.15, -0.1) is 0 Å². The van der Waals surface area contributed by atoms with Crippen LogP contribution in [0.25, 0.3) is 0 Å². The van der Waals surface area contributed by atoms with Crippen LogP contribution in [0.15, 0.2) is 12.1 Å². The van der Waals surface area contributed by atoms with Crippen molar-refractivity contribution in [3.63, 3.8) is 0 Å². The average Bonchev–Trinajstić information content (AvgIpc) is 3.07. The molecule has 0 spiro atoms. The smallest absolute Gasteiger partial charge is 0.256 e. The molecule has 0 saturated heterocycles. The molecule has 1 aliphatic carbocycles. The maximum atomic E-state index is 13.6. The van der Waals surface area contributed by atoms with Crippen molar-refractivity contribution in [2.45, 2.75) is 38.7 Å². The molecule has 2 aliphatic rings. The fourth-order valence-corrected chi connectivity index (χ4v) is 3.48. The Kier molecular flexibility index (Phi) is 4.80. The normalized spacial score (nSPS) is 19.1. The van der Waals surface area contributed by atoms with Crippen molar-refractivity contribution < 1.29 is 23.1 Å². The van der Waals surface area contributed by atoms with Gasteiger partial charge in [-0.2, -0.15) is 0 Å². The zero-order valence-corrected chi connectivity index (χ0v) is 13.5. The Bertz CT molecular complexity index is 659. The van der Waals surface area contributed by atoms with Crippen LogP contribution in [0.2, 0.25) is 0 Å². The van der Waals surface area contributed by atoms with Gasteiger partial charge in [0.05, 0.1) is 11.4 Å². The van der Waals surface area contributed by atoms with Gasteiger partial charge in [0.25, 0.3) is 5.91 Å². The van der Waals surface area contributed by atoms with Crippen LogP contribution in [0.1, 0.15) is 32.6 Å². The molecule has 5 nitrogen and oxygen atoms in total. The number of hydrogen-bond donors (Lipinski definition) is 1. The Morgan fingerprint density at radius 3 is 2.67 bits per heavy atom. The van der Waals surface area contributed by atoms with Gasteiger partial charge in [-0.1, -0.05) is 12.8 Å². The first-order chi connectivity index (χ1) is 11.5. The number of fused-ring (bicyclic) bond motifs is 1. The Morgan fingerprint density at radius 1 is 1.33 bits per heavy atom. The number of carbonyl (C=O) groups excluding carboxylic acids is 2. The molecule has 7 heteroatoms. The molecular weight excluding hydrogens is 318 g/mol. The summed E-state index contributed by atoms with van der Waals surface area (Å²) >= 11 is 0. The third-order valence-electron chi connectivity index (χ3n) is 4.59. The Labute approximate surface area is 139 Å². The Hall–Kier alpha value is -2.02. The topological polar surface area (TPSA) is 58.6 Å². The lowest BCUT2D eigenvalue weighted by atomic mass is 9.98. The third kappa shape index (κ3) is 3.13. The molecular formula is C17H20F2N2O3. The highest BCUT2D eigenvalue weighted by molar-refractivity contribution is 6.11. The standard InChI is InChI=1S/C17H20F2N2O3/c1-2-24-16(10-5-3-4-6-10)17(23)21-9-15(22)20-13-7-11(18)12(19)8-14(13)21/h7-8,10,16H,2-6,9H2,1H3,(H,20,22). The van der Waals surface area contributed by atoms with E-state index in [2.05, 4.69) is 5.32 Å². The highest BCUT2D eigenvalue weighted by Crippen LogP contribution is 2.35. The van der Waals surface area contributed by atoms with Crippen molar-refractivity contribution in [2.24, 2.45) is 5.92 Å². The molecule has 0 radical (unpaired) electrons. The minimum Gasteiger partial charge on any atom is -0.368 e. The van der Waals surface area contributed by atoms with Crippen molar-refractivity contribution in [3.05, 3.63) is 23.8 Å². The van der Waals surface area contributed by atoms with Crippen LogP contribution in [0.4, 0.5) is 20.2 Å². The molecule has 130 valence electrons. The molecule has 1 saturated carbocycles. The van der Waals surface area contributed by atoms with Crippen LogP contribution < -0.4 is 10.2 Å². The molecule has 1 N–H and O–H groups in total. The molecule has 3 rings (SSSR count). The van der Waals surface area contributed by atoms with E-state index in [1.807, 2.05) is 0 Å². The zero-order chi connectivity index (χ0) is 17.3. The van der Waals surface area contributed by atoms with Gasteiger partial charge in [-0.25, -0.2) is 8.78 Å². The first-order valence-corrected chi connectivity index (χ1v) is 8.23. The van der Waals surface area contributed by atoms with Crippen LogP contribution in [0.3, 0.4) is 0 Å². The minimum atomic E-state index is -1.07. The number of rotatable bonds is 4. The molecule has 1 unspecified atom stereocenters. The van der Waals surface area contributed by atoms with E-state index in [1.165, 1.54) is 4.90 Å². The van der Waals surface area contributed by atoms with E-state index < -0.39 is 23.6 Å². The fraction of sp³-hybridized carbons (Fsp3) is 0.529. The maximum Gasteiger partial charge on any atom is 0.256 e. The van der Waals surface area contributed by atoms with Gasteiger partial charge in [-0.05, 0) is 25.7 Å². The summed E-state index contributed by atoms with van der Waals surface area (Å²) in [5, 5.41) is 2.47. The summed E-state index contributed by atoms with van der Waals surface area (Å²) in [6.07, 6.45) is 3.20. The van der Waals surface area contributed by atoms with Crippen LogP contribution >= 0.6 is 0 Å². The molecule has 2 amide bonds. The van der Waals surface area contributed by atoms with Gasteiger partial charge in [0.2, 0.25) is 5.91 Å². The number of nitrogens with one attached hydrogen (secondary N) is 1. The number of carbonyl (C=O) groups is 2. The first kappa shape index (κ1) is 16.8. The third-order valence-corrected chi connectivity index (χ3v) is 4.59. The maximum absolute atomic E-state index is 13.6. The van der Waals surface area contributed by atoms with Gasteiger partial charge in [-0.3, -0.25) is 14.5 Å². The lowest BCUT2D eigenvalue weighted by molar-refractivity contribution is -0.134. The van der Waals surface area contributed by atoms with Crippen molar-refractivity contribution in [2.75, 3.05) is 23.4 Å². The van der Waals surface area contributed by atoms with Crippen molar-refractivity contribution in [1.82, 2.24) is 0 Å². The lowest BCUT2D eigenvalue weighted by Crippen LogP contribution is -2.49. The molecule has 1 aromatic rings. The minimum absolute atomic E-state index is 0.0937. The number of halogens is 2. The molecule has 1 fully saturated rings.